The quantitative estimate of drug-likeness (QED) is 0.746. The van der Waals surface area contributed by atoms with Crippen molar-refractivity contribution in [3.8, 4) is 0 Å². The molecule has 138 valence electrons. The van der Waals surface area contributed by atoms with Crippen LogP contribution in [0.4, 0.5) is 5.69 Å². The molecule has 0 radical (unpaired) electrons. The summed E-state index contributed by atoms with van der Waals surface area (Å²) >= 11 is 0. The molecule has 1 fully saturated rings. The van der Waals surface area contributed by atoms with Crippen molar-refractivity contribution in [3.05, 3.63) is 41.5 Å². The van der Waals surface area contributed by atoms with Crippen LogP contribution in [0.3, 0.4) is 0 Å². The van der Waals surface area contributed by atoms with Crippen molar-refractivity contribution in [2.45, 2.75) is 39.8 Å². The molecule has 0 spiro atoms. The lowest BCUT2D eigenvalue weighted by atomic mass is 10.1. The van der Waals surface area contributed by atoms with Gasteiger partial charge in [0.05, 0.1) is 0 Å². The summed E-state index contributed by atoms with van der Waals surface area (Å²) in [7, 11) is 0. The van der Waals surface area contributed by atoms with Gasteiger partial charge in [0.1, 0.15) is 0 Å². The molecule has 1 aromatic rings. The van der Waals surface area contributed by atoms with Crippen LogP contribution < -0.4 is 5.32 Å². The maximum Gasteiger partial charge on any atom is 0.221 e. The van der Waals surface area contributed by atoms with Gasteiger partial charge in [-0.3, -0.25) is 14.6 Å². The standard InChI is InChI=1S/C20H31N3O2/c1-16(2)8-10-23-12-11-22(15-20(23)9-13-24)14-18-4-6-19(7-5-18)21-17(3)25/h4-8,20,24H,9-15H2,1-3H3,(H,21,25)/t20-/m0/s1. The molecule has 2 N–H and O–H groups in total. The fraction of sp³-hybridized carbons (Fsp3) is 0.550. The van der Waals surface area contributed by atoms with Gasteiger partial charge in [-0.25, -0.2) is 0 Å². The number of anilines is 1. The van der Waals surface area contributed by atoms with Crippen LogP contribution in [-0.4, -0.2) is 59.6 Å². The van der Waals surface area contributed by atoms with Gasteiger partial charge >= 0.3 is 0 Å². The highest BCUT2D eigenvalue weighted by molar-refractivity contribution is 5.88. The number of allylic oxidation sites excluding steroid dienone is 1. The van der Waals surface area contributed by atoms with Gasteiger partial charge in [0.15, 0.2) is 0 Å². The first kappa shape index (κ1) is 19.6. The molecular weight excluding hydrogens is 314 g/mol. The SMILES string of the molecule is CC(=O)Nc1ccc(CN2CCN(CC=C(C)C)[C@@H](CCO)C2)cc1. The van der Waals surface area contributed by atoms with E-state index >= 15 is 0 Å². The lowest BCUT2D eigenvalue weighted by Crippen LogP contribution is -2.53. The number of nitrogens with one attached hydrogen (secondary N) is 1. The lowest BCUT2D eigenvalue weighted by molar-refractivity contribution is -0.114. The van der Waals surface area contributed by atoms with Crippen molar-refractivity contribution in [2.24, 2.45) is 0 Å². The minimum atomic E-state index is -0.0490. The monoisotopic (exact) mass is 345 g/mol. The van der Waals surface area contributed by atoms with E-state index in [4.69, 9.17) is 0 Å². The van der Waals surface area contributed by atoms with Crippen molar-refractivity contribution in [3.63, 3.8) is 0 Å². The van der Waals surface area contributed by atoms with Crippen molar-refractivity contribution < 1.29 is 9.90 Å². The Kier molecular flexibility index (Phi) is 7.62. The summed E-state index contributed by atoms with van der Waals surface area (Å²) in [5.41, 5.74) is 3.42. The zero-order chi connectivity index (χ0) is 18.2. The summed E-state index contributed by atoms with van der Waals surface area (Å²) < 4.78 is 0. The molecule has 5 nitrogen and oxygen atoms in total. The second-order valence-electron chi connectivity index (χ2n) is 7.06. The number of rotatable bonds is 7. The summed E-state index contributed by atoms with van der Waals surface area (Å²) in [6, 6.07) is 8.44. The Bertz CT molecular complexity index is 579. The number of hydrogen-bond acceptors (Lipinski definition) is 4. The van der Waals surface area contributed by atoms with Crippen molar-refractivity contribution in [1.82, 2.24) is 9.80 Å². The van der Waals surface area contributed by atoms with Crippen LogP contribution in [0.25, 0.3) is 0 Å². The molecule has 25 heavy (non-hydrogen) atoms. The van der Waals surface area contributed by atoms with Crippen molar-refractivity contribution in [1.29, 1.82) is 0 Å². The van der Waals surface area contributed by atoms with Gasteiger partial charge in [0.2, 0.25) is 5.91 Å². The third kappa shape index (κ3) is 6.61. The minimum Gasteiger partial charge on any atom is -0.396 e. The van der Waals surface area contributed by atoms with E-state index in [1.807, 2.05) is 12.1 Å². The van der Waals surface area contributed by atoms with Gasteiger partial charge in [0.25, 0.3) is 0 Å². The second-order valence-corrected chi connectivity index (χ2v) is 7.06. The smallest absolute Gasteiger partial charge is 0.221 e. The summed E-state index contributed by atoms with van der Waals surface area (Å²) in [6.07, 6.45) is 3.08. The summed E-state index contributed by atoms with van der Waals surface area (Å²) in [5.74, 6) is -0.0490. The lowest BCUT2D eigenvalue weighted by Gasteiger charge is -2.41. The Morgan fingerprint density at radius 2 is 1.96 bits per heavy atom. The van der Waals surface area contributed by atoms with Gasteiger partial charge in [-0.05, 0) is 38.0 Å². The number of carbonyl (C=O) groups excluding carboxylic acids is 1. The van der Waals surface area contributed by atoms with Crippen LogP contribution in [0.2, 0.25) is 0 Å². The number of hydrogen-bond donors (Lipinski definition) is 2. The maximum atomic E-state index is 11.1. The van der Waals surface area contributed by atoms with Gasteiger partial charge in [-0.15, -0.1) is 0 Å². The predicted octanol–water partition coefficient (Wildman–Crippen LogP) is 2.48. The van der Waals surface area contributed by atoms with E-state index in [2.05, 4.69) is 47.2 Å². The van der Waals surface area contributed by atoms with E-state index in [1.54, 1.807) is 0 Å². The number of carbonyl (C=O) groups is 1. The Morgan fingerprint density at radius 3 is 2.56 bits per heavy atom. The predicted molar refractivity (Wildman–Crippen MR) is 103 cm³/mol. The van der Waals surface area contributed by atoms with Crippen molar-refractivity contribution in [2.75, 3.05) is 38.1 Å². The van der Waals surface area contributed by atoms with Crippen LogP contribution in [0.1, 0.15) is 32.8 Å². The van der Waals surface area contributed by atoms with E-state index in [9.17, 15) is 9.90 Å². The molecular formula is C20H31N3O2. The molecule has 0 unspecified atom stereocenters. The fourth-order valence-corrected chi connectivity index (χ4v) is 3.22. The molecule has 1 atom stereocenters. The summed E-state index contributed by atoms with van der Waals surface area (Å²) in [5, 5.41) is 12.2. The first-order valence-electron chi connectivity index (χ1n) is 9.05. The molecule has 1 amide bonds. The number of piperazine rings is 1. The highest BCUT2D eigenvalue weighted by Gasteiger charge is 2.25. The molecule has 5 heteroatoms. The minimum absolute atomic E-state index is 0.0490. The first-order valence-corrected chi connectivity index (χ1v) is 9.05. The number of benzene rings is 1. The van der Waals surface area contributed by atoms with Gasteiger partial charge in [-0.2, -0.15) is 0 Å². The van der Waals surface area contributed by atoms with Crippen LogP contribution >= 0.6 is 0 Å². The van der Waals surface area contributed by atoms with Crippen LogP contribution in [0.15, 0.2) is 35.9 Å². The zero-order valence-electron chi connectivity index (χ0n) is 15.7. The average molecular weight is 345 g/mol. The zero-order valence-corrected chi connectivity index (χ0v) is 15.7. The van der Waals surface area contributed by atoms with E-state index in [-0.39, 0.29) is 12.5 Å². The normalized spacial score (nSPS) is 18.8. The largest absolute Gasteiger partial charge is 0.396 e. The van der Waals surface area contributed by atoms with E-state index in [0.717, 1.165) is 44.8 Å². The van der Waals surface area contributed by atoms with Crippen molar-refractivity contribution >= 4 is 11.6 Å². The number of aliphatic hydroxyl groups excluding tert-OH is 1. The third-order valence-corrected chi connectivity index (χ3v) is 4.57. The first-order chi connectivity index (χ1) is 12.0. The molecule has 1 saturated heterocycles. The third-order valence-electron chi connectivity index (χ3n) is 4.57. The molecule has 1 aromatic carbocycles. The molecule has 1 heterocycles. The van der Waals surface area contributed by atoms with Crippen LogP contribution in [-0.2, 0) is 11.3 Å². The fourth-order valence-electron chi connectivity index (χ4n) is 3.22. The topological polar surface area (TPSA) is 55.8 Å². The Hall–Kier alpha value is -1.69. The number of amides is 1. The summed E-state index contributed by atoms with van der Waals surface area (Å²) in [4.78, 5) is 16.0. The van der Waals surface area contributed by atoms with Gasteiger partial charge in [-0.1, -0.05) is 23.8 Å². The molecule has 0 aliphatic carbocycles. The highest BCUT2D eigenvalue weighted by Crippen LogP contribution is 2.17. The van der Waals surface area contributed by atoms with E-state index in [0.29, 0.717) is 6.04 Å². The Labute approximate surface area is 151 Å². The van der Waals surface area contributed by atoms with Crippen LogP contribution in [0.5, 0.6) is 0 Å². The maximum absolute atomic E-state index is 11.1. The molecule has 1 aliphatic rings. The van der Waals surface area contributed by atoms with Gasteiger partial charge < -0.3 is 10.4 Å². The highest BCUT2D eigenvalue weighted by atomic mass is 16.3. The Morgan fingerprint density at radius 1 is 1.24 bits per heavy atom. The number of nitrogens with zero attached hydrogens (tertiary/aromatic N) is 2. The molecule has 0 bridgehead atoms. The van der Waals surface area contributed by atoms with Gasteiger partial charge in [0, 0.05) is 58.0 Å². The Balaban J connectivity index is 1.92. The van der Waals surface area contributed by atoms with Crippen LogP contribution in [0, 0.1) is 0 Å². The number of aliphatic hydroxyl groups is 1. The summed E-state index contributed by atoms with van der Waals surface area (Å²) in [6.45, 7) is 10.9. The molecule has 0 aromatic heterocycles. The molecule has 0 saturated carbocycles. The average Bonchev–Trinajstić information content (AvgIpc) is 2.56. The van der Waals surface area contributed by atoms with E-state index in [1.165, 1.54) is 18.1 Å². The second kappa shape index (κ2) is 9.70. The molecule has 1 aliphatic heterocycles. The molecule has 2 rings (SSSR count). The van der Waals surface area contributed by atoms with E-state index < -0.39 is 0 Å².